The summed E-state index contributed by atoms with van der Waals surface area (Å²) >= 11 is 6.41. The Morgan fingerprint density at radius 1 is 1.19 bits per heavy atom. The molecule has 158 valence electrons. The minimum atomic E-state index is -0.432. The van der Waals surface area contributed by atoms with Gasteiger partial charge in [0, 0.05) is 0 Å². The number of hydrogen-bond donors (Lipinski definition) is 1. The standard InChI is InChI=1S/C23H16ClN5O3/c1-11-10-14(31-4)18-19(17(11)24)32-22(27-18)15-12(2)26-21-16(13-8-6-5-7-9-13)20(25-3)28-29(21)23(15)30/h5-10,28H,1-2,4H3. The summed E-state index contributed by atoms with van der Waals surface area (Å²) in [5.74, 6) is 0.788. The molecular weight excluding hydrogens is 430 g/mol. The van der Waals surface area contributed by atoms with Crippen LogP contribution >= 0.6 is 11.6 Å². The largest absolute Gasteiger partial charge is 0.494 e. The van der Waals surface area contributed by atoms with Gasteiger partial charge in [-0.15, -0.1) is 4.52 Å². The van der Waals surface area contributed by atoms with Gasteiger partial charge in [0.05, 0.1) is 23.4 Å². The Bertz CT molecular complexity index is 1620. The number of ether oxygens (including phenoxy) is 1. The molecule has 3 heterocycles. The van der Waals surface area contributed by atoms with Crippen LogP contribution in [0.15, 0.2) is 45.6 Å². The number of aryl methyl sites for hydroxylation is 2. The number of fused-ring (bicyclic) bond motifs is 2. The van der Waals surface area contributed by atoms with Crippen molar-refractivity contribution < 1.29 is 9.15 Å². The first kappa shape index (κ1) is 19.8. The summed E-state index contributed by atoms with van der Waals surface area (Å²) in [5.41, 5.74) is 3.37. The Balaban J connectivity index is 1.82. The molecule has 5 rings (SSSR count). The van der Waals surface area contributed by atoms with Gasteiger partial charge < -0.3 is 14.0 Å². The maximum atomic E-state index is 13.5. The third-order valence-electron chi connectivity index (χ3n) is 5.30. The number of rotatable bonds is 3. The van der Waals surface area contributed by atoms with Crippen molar-refractivity contribution in [2.75, 3.05) is 7.11 Å². The van der Waals surface area contributed by atoms with Crippen molar-refractivity contribution in [2.24, 2.45) is 0 Å². The van der Waals surface area contributed by atoms with Crippen LogP contribution in [0.1, 0.15) is 11.3 Å². The van der Waals surface area contributed by atoms with Gasteiger partial charge in [-0.3, -0.25) is 4.79 Å². The molecule has 0 amide bonds. The lowest BCUT2D eigenvalue weighted by molar-refractivity contribution is 0.418. The lowest BCUT2D eigenvalue weighted by Gasteiger charge is -2.03. The molecule has 0 saturated heterocycles. The molecule has 0 bridgehead atoms. The molecule has 5 aromatic rings. The number of H-pyrrole nitrogens is 1. The van der Waals surface area contributed by atoms with Crippen molar-refractivity contribution in [1.82, 2.24) is 19.6 Å². The maximum Gasteiger partial charge on any atom is 0.301 e. The molecule has 32 heavy (non-hydrogen) atoms. The van der Waals surface area contributed by atoms with Gasteiger partial charge in [0.2, 0.25) is 5.89 Å². The molecule has 0 unspecified atom stereocenters. The fourth-order valence-electron chi connectivity index (χ4n) is 3.77. The molecule has 0 saturated carbocycles. The minimum Gasteiger partial charge on any atom is -0.494 e. The molecule has 0 aliphatic heterocycles. The predicted octanol–water partition coefficient (Wildman–Crippen LogP) is 5.33. The summed E-state index contributed by atoms with van der Waals surface area (Å²) in [7, 11) is 1.53. The lowest BCUT2D eigenvalue weighted by Crippen LogP contribution is -2.19. The van der Waals surface area contributed by atoms with Gasteiger partial charge in [0.15, 0.2) is 16.7 Å². The third-order valence-corrected chi connectivity index (χ3v) is 5.77. The van der Waals surface area contributed by atoms with Gasteiger partial charge in [-0.1, -0.05) is 48.5 Å². The van der Waals surface area contributed by atoms with E-state index in [1.165, 1.54) is 11.6 Å². The third kappa shape index (κ3) is 2.79. The van der Waals surface area contributed by atoms with Crippen molar-refractivity contribution in [3.63, 3.8) is 0 Å². The normalized spacial score (nSPS) is 11.2. The number of nitrogens with one attached hydrogen (secondary N) is 1. The van der Waals surface area contributed by atoms with Gasteiger partial charge in [-0.05, 0) is 31.0 Å². The van der Waals surface area contributed by atoms with E-state index in [0.29, 0.717) is 38.8 Å². The van der Waals surface area contributed by atoms with Crippen molar-refractivity contribution in [1.29, 1.82) is 0 Å². The highest BCUT2D eigenvalue weighted by Gasteiger charge is 2.25. The first-order valence-corrected chi connectivity index (χ1v) is 10.0. The summed E-state index contributed by atoms with van der Waals surface area (Å²) in [5, 5.41) is 3.26. The summed E-state index contributed by atoms with van der Waals surface area (Å²) in [6.07, 6.45) is 0. The van der Waals surface area contributed by atoms with Crippen LogP contribution in [0.5, 0.6) is 5.75 Å². The molecule has 3 aromatic heterocycles. The molecule has 2 aromatic carbocycles. The molecule has 9 heteroatoms. The van der Waals surface area contributed by atoms with Gasteiger partial charge in [0.25, 0.3) is 5.82 Å². The summed E-state index contributed by atoms with van der Waals surface area (Å²) in [4.78, 5) is 26.2. The van der Waals surface area contributed by atoms with Crippen molar-refractivity contribution in [3.05, 3.63) is 74.4 Å². The smallest absolute Gasteiger partial charge is 0.301 e. The fourth-order valence-corrected chi connectivity index (χ4v) is 3.95. The Hall–Kier alpha value is -4.09. The average molecular weight is 446 g/mol. The number of aromatic amines is 1. The van der Waals surface area contributed by atoms with Crippen LogP contribution in [0.25, 0.3) is 44.2 Å². The molecule has 0 radical (unpaired) electrons. The van der Waals surface area contributed by atoms with E-state index in [1.54, 1.807) is 13.0 Å². The number of nitrogens with zero attached hydrogens (tertiary/aromatic N) is 4. The van der Waals surface area contributed by atoms with E-state index in [1.807, 2.05) is 37.3 Å². The second kappa shape index (κ2) is 7.25. The Morgan fingerprint density at radius 3 is 2.62 bits per heavy atom. The Labute approximate surface area is 186 Å². The van der Waals surface area contributed by atoms with Crippen LogP contribution in [-0.2, 0) is 0 Å². The van der Waals surface area contributed by atoms with E-state index in [0.717, 1.165) is 11.1 Å². The van der Waals surface area contributed by atoms with Crippen LogP contribution in [0.3, 0.4) is 0 Å². The van der Waals surface area contributed by atoms with Crippen LogP contribution in [0.2, 0.25) is 5.02 Å². The van der Waals surface area contributed by atoms with E-state index in [4.69, 9.17) is 27.3 Å². The van der Waals surface area contributed by atoms with Crippen molar-refractivity contribution in [2.45, 2.75) is 13.8 Å². The highest BCUT2D eigenvalue weighted by atomic mass is 35.5. The monoisotopic (exact) mass is 445 g/mol. The number of aromatic nitrogens is 4. The van der Waals surface area contributed by atoms with E-state index < -0.39 is 5.56 Å². The quantitative estimate of drug-likeness (QED) is 0.379. The van der Waals surface area contributed by atoms with Crippen LogP contribution in [-0.4, -0.2) is 26.7 Å². The first-order chi connectivity index (χ1) is 15.4. The predicted molar refractivity (Wildman–Crippen MR) is 122 cm³/mol. The average Bonchev–Trinajstić information content (AvgIpc) is 3.39. The van der Waals surface area contributed by atoms with Crippen LogP contribution in [0, 0.1) is 20.4 Å². The van der Waals surface area contributed by atoms with Gasteiger partial charge in [-0.2, -0.15) is 0 Å². The molecule has 0 aliphatic carbocycles. The van der Waals surface area contributed by atoms with Gasteiger partial charge >= 0.3 is 5.56 Å². The Morgan fingerprint density at radius 2 is 1.94 bits per heavy atom. The van der Waals surface area contributed by atoms with Gasteiger partial charge in [0.1, 0.15) is 11.3 Å². The SMILES string of the molecule is [C-]#[N+]c1[nH]n2c(=O)c(-c3nc4c(OC)cc(C)c(Cl)c4o3)c(C)nc2c1-c1ccccc1. The zero-order valence-corrected chi connectivity index (χ0v) is 18.1. The van der Waals surface area contributed by atoms with E-state index in [-0.39, 0.29) is 17.3 Å². The highest BCUT2D eigenvalue weighted by Crippen LogP contribution is 2.38. The maximum absolute atomic E-state index is 13.5. The van der Waals surface area contributed by atoms with E-state index in [9.17, 15) is 4.79 Å². The topological polar surface area (TPSA) is 89.8 Å². The zero-order chi connectivity index (χ0) is 22.6. The highest BCUT2D eigenvalue weighted by molar-refractivity contribution is 6.35. The van der Waals surface area contributed by atoms with Gasteiger partial charge in [-0.25, -0.2) is 15.1 Å². The van der Waals surface area contributed by atoms with Crippen molar-refractivity contribution in [3.8, 4) is 28.3 Å². The second-order valence-corrected chi connectivity index (χ2v) is 7.63. The molecule has 0 atom stereocenters. The zero-order valence-electron chi connectivity index (χ0n) is 17.4. The summed E-state index contributed by atoms with van der Waals surface area (Å²) in [6.45, 7) is 11.1. The fraction of sp³-hybridized carbons (Fsp3) is 0.130. The summed E-state index contributed by atoms with van der Waals surface area (Å²) in [6, 6.07) is 11.1. The molecule has 0 fully saturated rings. The number of hydrogen-bond acceptors (Lipinski definition) is 5. The second-order valence-electron chi connectivity index (χ2n) is 7.26. The van der Waals surface area contributed by atoms with Crippen LogP contribution in [0.4, 0.5) is 5.82 Å². The Kier molecular flexibility index (Phi) is 4.50. The molecule has 0 spiro atoms. The lowest BCUT2D eigenvalue weighted by atomic mass is 10.1. The number of benzene rings is 2. The number of methoxy groups -OCH3 is 1. The van der Waals surface area contributed by atoms with E-state index >= 15 is 0 Å². The first-order valence-electron chi connectivity index (χ1n) is 9.66. The minimum absolute atomic E-state index is 0.0791. The van der Waals surface area contributed by atoms with Crippen molar-refractivity contribution >= 4 is 34.2 Å². The molecule has 0 aliphatic rings. The van der Waals surface area contributed by atoms with E-state index in [2.05, 4.69) is 19.9 Å². The molecule has 8 nitrogen and oxygen atoms in total. The van der Waals surface area contributed by atoms with Crippen LogP contribution < -0.4 is 10.3 Å². The molecule has 1 N–H and O–H groups in total. The number of oxazole rings is 1. The molecular formula is C23H16ClN5O3. The number of halogens is 1. The summed E-state index contributed by atoms with van der Waals surface area (Å²) < 4.78 is 12.6.